The van der Waals surface area contributed by atoms with E-state index in [0.29, 0.717) is 5.56 Å². The van der Waals surface area contributed by atoms with Crippen LogP contribution in [0.4, 0.5) is 0 Å². The average Bonchev–Trinajstić information content (AvgIpc) is 2.05. The first kappa shape index (κ1) is 11.7. The number of hydrogen-bond donors (Lipinski definition) is 0. The highest BCUT2D eigenvalue weighted by Gasteiger charge is 2.02. The third kappa shape index (κ3) is 2.58. The lowest BCUT2D eigenvalue weighted by molar-refractivity contribution is 0.101. The van der Waals surface area contributed by atoms with E-state index in [2.05, 4.69) is 0 Å². The molecule has 0 aromatic heterocycles. The first-order valence-electron chi connectivity index (χ1n) is 3.80. The zero-order valence-corrected chi connectivity index (χ0v) is 7.55. The fourth-order valence-corrected chi connectivity index (χ4v) is 1.04. The summed E-state index contributed by atoms with van der Waals surface area (Å²) in [7, 11) is 1.60. The van der Waals surface area contributed by atoms with Gasteiger partial charge in [-0.25, -0.2) is 0 Å². The van der Waals surface area contributed by atoms with Crippen molar-refractivity contribution in [3.05, 3.63) is 29.3 Å². The molecule has 0 aliphatic carbocycles. The Hall–Kier alpha value is -1.31. The first-order chi connectivity index (χ1) is 5.65. The molecule has 0 aliphatic heterocycles. The van der Waals surface area contributed by atoms with Crippen molar-refractivity contribution in [3.8, 4) is 5.75 Å². The van der Waals surface area contributed by atoms with E-state index in [9.17, 15) is 4.79 Å². The Morgan fingerprint density at radius 1 is 1.38 bits per heavy atom. The maximum atomic E-state index is 11.0. The molecular formula is C11H16O2. The predicted octanol–water partition coefficient (Wildman–Crippen LogP) is 2.84. The average molecular weight is 180 g/mol. The summed E-state index contributed by atoms with van der Waals surface area (Å²) in [6.45, 7) is 3.49. The molecule has 0 bridgehead atoms. The van der Waals surface area contributed by atoms with Gasteiger partial charge in [0.25, 0.3) is 0 Å². The quantitative estimate of drug-likeness (QED) is 0.654. The van der Waals surface area contributed by atoms with Crippen molar-refractivity contribution in [2.45, 2.75) is 21.3 Å². The molecule has 13 heavy (non-hydrogen) atoms. The van der Waals surface area contributed by atoms with Crippen molar-refractivity contribution in [3.63, 3.8) is 0 Å². The van der Waals surface area contributed by atoms with Gasteiger partial charge in [0.05, 0.1) is 7.11 Å². The van der Waals surface area contributed by atoms with E-state index < -0.39 is 0 Å². The van der Waals surface area contributed by atoms with Crippen LogP contribution in [0.5, 0.6) is 5.75 Å². The summed E-state index contributed by atoms with van der Waals surface area (Å²) in [5.74, 6) is 0.830. The van der Waals surface area contributed by atoms with E-state index in [-0.39, 0.29) is 13.2 Å². The number of rotatable bonds is 2. The molecule has 0 aliphatic rings. The summed E-state index contributed by atoms with van der Waals surface area (Å²) >= 11 is 0. The zero-order chi connectivity index (χ0) is 9.14. The molecule has 2 nitrogen and oxygen atoms in total. The van der Waals surface area contributed by atoms with Gasteiger partial charge in [-0.1, -0.05) is 19.6 Å². The van der Waals surface area contributed by atoms with Gasteiger partial charge in [0.1, 0.15) is 5.75 Å². The van der Waals surface area contributed by atoms with Gasteiger partial charge in [0, 0.05) is 5.56 Å². The SMILES string of the molecule is C.COc1cc(C(C)=O)ccc1C. The van der Waals surface area contributed by atoms with Crippen molar-refractivity contribution in [2.24, 2.45) is 0 Å². The van der Waals surface area contributed by atoms with Crippen molar-refractivity contribution in [1.29, 1.82) is 0 Å². The van der Waals surface area contributed by atoms with Crippen LogP contribution >= 0.6 is 0 Å². The van der Waals surface area contributed by atoms with Crippen molar-refractivity contribution in [2.75, 3.05) is 7.11 Å². The normalized spacial score (nSPS) is 8.85. The summed E-state index contributed by atoms with van der Waals surface area (Å²) in [5, 5.41) is 0. The van der Waals surface area contributed by atoms with E-state index in [1.165, 1.54) is 0 Å². The molecule has 0 fully saturated rings. The molecule has 0 heterocycles. The summed E-state index contributed by atoms with van der Waals surface area (Å²) in [4.78, 5) is 11.0. The molecule has 0 atom stereocenters. The standard InChI is InChI=1S/C10H12O2.CH4/c1-7-4-5-9(8(2)11)6-10(7)12-3;/h4-6H,1-3H3;1H4. The molecule has 1 rings (SSSR count). The van der Waals surface area contributed by atoms with Crippen LogP contribution < -0.4 is 4.74 Å². The second-order valence-corrected chi connectivity index (χ2v) is 2.74. The Kier molecular flexibility index (Phi) is 4.18. The first-order valence-corrected chi connectivity index (χ1v) is 3.80. The molecule has 1 aromatic carbocycles. The number of hydrogen-bond acceptors (Lipinski definition) is 2. The maximum Gasteiger partial charge on any atom is 0.159 e. The minimum Gasteiger partial charge on any atom is -0.496 e. The second-order valence-electron chi connectivity index (χ2n) is 2.74. The topological polar surface area (TPSA) is 26.3 Å². The maximum absolute atomic E-state index is 11.0. The Labute approximate surface area is 79.5 Å². The molecule has 0 N–H and O–H groups in total. The third-order valence-electron chi connectivity index (χ3n) is 1.81. The Morgan fingerprint density at radius 3 is 2.46 bits per heavy atom. The van der Waals surface area contributed by atoms with Crippen molar-refractivity contribution >= 4 is 5.78 Å². The summed E-state index contributed by atoms with van der Waals surface area (Å²) in [6.07, 6.45) is 0. The fraction of sp³-hybridized carbons (Fsp3) is 0.364. The monoisotopic (exact) mass is 180 g/mol. The third-order valence-corrected chi connectivity index (χ3v) is 1.81. The largest absolute Gasteiger partial charge is 0.496 e. The molecule has 1 aromatic rings. The van der Waals surface area contributed by atoms with E-state index in [4.69, 9.17) is 4.74 Å². The highest BCUT2D eigenvalue weighted by atomic mass is 16.5. The summed E-state index contributed by atoms with van der Waals surface area (Å²) in [5.41, 5.74) is 1.74. The van der Waals surface area contributed by atoms with Crippen LogP contribution in [0.2, 0.25) is 0 Å². The molecule has 0 spiro atoms. The lowest BCUT2D eigenvalue weighted by atomic mass is 10.1. The smallest absolute Gasteiger partial charge is 0.159 e. The molecule has 2 heteroatoms. The minimum atomic E-state index is 0. The van der Waals surface area contributed by atoms with Crippen LogP contribution in [-0.2, 0) is 0 Å². The van der Waals surface area contributed by atoms with E-state index in [1.807, 2.05) is 13.0 Å². The number of ether oxygens (including phenoxy) is 1. The number of ketones is 1. The van der Waals surface area contributed by atoms with Gasteiger partial charge in [0.2, 0.25) is 0 Å². The van der Waals surface area contributed by atoms with Gasteiger partial charge in [0.15, 0.2) is 5.78 Å². The van der Waals surface area contributed by atoms with Gasteiger partial charge in [-0.3, -0.25) is 4.79 Å². The summed E-state index contributed by atoms with van der Waals surface area (Å²) in [6, 6.07) is 5.45. The molecular weight excluding hydrogens is 164 g/mol. The number of methoxy groups -OCH3 is 1. The number of carbonyl (C=O) groups excluding carboxylic acids is 1. The molecule has 0 saturated carbocycles. The van der Waals surface area contributed by atoms with Crippen LogP contribution in [0.3, 0.4) is 0 Å². The van der Waals surface area contributed by atoms with Crippen LogP contribution in [-0.4, -0.2) is 12.9 Å². The lowest BCUT2D eigenvalue weighted by Crippen LogP contribution is -1.94. The van der Waals surface area contributed by atoms with Gasteiger partial charge in [-0.15, -0.1) is 0 Å². The van der Waals surface area contributed by atoms with Crippen molar-refractivity contribution in [1.82, 2.24) is 0 Å². The van der Waals surface area contributed by atoms with Crippen LogP contribution in [0, 0.1) is 6.92 Å². The molecule has 72 valence electrons. The van der Waals surface area contributed by atoms with Gasteiger partial charge < -0.3 is 4.74 Å². The van der Waals surface area contributed by atoms with E-state index in [1.54, 1.807) is 26.2 Å². The van der Waals surface area contributed by atoms with Crippen LogP contribution in [0.25, 0.3) is 0 Å². The highest BCUT2D eigenvalue weighted by Crippen LogP contribution is 2.18. The number of benzene rings is 1. The highest BCUT2D eigenvalue weighted by molar-refractivity contribution is 5.94. The predicted molar refractivity (Wildman–Crippen MR) is 54.5 cm³/mol. The van der Waals surface area contributed by atoms with Gasteiger partial charge in [-0.05, 0) is 25.5 Å². The van der Waals surface area contributed by atoms with Crippen molar-refractivity contribution < 1.29 is 9.53 Å². The van der Waals surface area contributed by atoms with E-state index in [0.717, 1.165) is 11.3 Å². The molecule has 0 unspecified atom stereocenters. The van der Waals surface area contributed by atoms with Crippen LogP contribution in [0.15, 0.2) is 18.2 Å². The lowest BCUT2D eigenvalue weighted by Gasteiger charge is -2.04. The second kappa shape index (κ2) is 4.65. The number of aryl methyl sites for hydroxylation is 1. The Balaban J connectivity index is 0.00000144. The van der Waals surface area contributed by atoms with Gasteiger partial charge in [-0.2, -0.15) is 0 Å². The van der Waals surface area contributed by atoms with E-state index >= 15 is 0 Å². The zero-order valence-electron chi connectivity index (χ0n) is 7.55. The summed E-state index contributed by atoms with van der Waals surface area (Å²) < 4.78 is 5.08. The van der Waals surface area contributed by atoms with Crippen LogP contribution in [0.1, 0.15) is 30.3 Å². The Morgan fingerprint density at radius 2 is 2.00 bits per heavy atom. The molecule has 0 radical (unpaired) electrons. The fourth-order valence-electron chi connectivity index (χ4n) is 1.04. The minimum absolute atomic E-state index is 0. The molecule has 0 saturated heterocycles. The molecule has 0 amide bonds. The van der Waals surface area contributed by atoms with Gasteiger partial charge >= 0.3 is 0 Å². The Bertz CT molecular complexity index is 303. The number of carbonyl (C=O) groups is 1. The number of Topliss-reactive ketones (excluding diaryl/α,β-unsaturated/α-hetero) is 1.